The Labute approximate surface area is 133 Å². The molecule has 1 saturated carbocycles. The summed E-state index contributed by atoms with van der Waals surface area (Å²) in [4.78, 5) is 14.7. The number of nitrogens with one attached hydrogen (secondary N) is 1. The highest BCUT2D eigenvalue weighted by Gasteiger charge is 2.53. The average molecular weight is 298 g/mol. The van der Waals surface area contributed by atoms with Crippen LogP contribution in [0.2, 0.25) is 0 Å². The van der Waals surface area contributed by atoms with Gasteiger partial charge in [-0.3, -0.25) is 4.79 Å². The fourth-order valence-electron chi connectivity index (χ4n) is 5.48. The Morgan fingerprint density at radius 2 is 2.18 bits per heavy atom. The van der Waals surface area contributed by atoms with Gasteiger partial charge in [0, 0.05) is 24.1 Å². The van der Waals surface area contributed by atoms with Crippen LogP contribution in [0, 0.1) is 5.92 Å². The van der Waals surface area contributed by atoms with Gasteiger partial charge in [-0.1, -0.05) is 18.9 Å². The molecule has 0 aromatic heterocycles. The number of piperidine rings is 1. The first-order valence-corrected chi connectivity index (χ1v) is 8.71. The number of carbonyl (C=O) groups excluding carboxylic acids is 1. The van der Waals surface area contributed by atoms with E-state index >= 15 is 0 Å². The minimum Gasteiger partial charge on any atom is -0.355 e. The van der Waals surface area contributed by atoms with Crippen LogP contribution in [0.1, 0.15) is 53.6 Å². The van der Waals surface area contributed by atoms with Crippen LogP contribution < -0.4 is 5.32 Å². The zero-order chi connectivity index (χ0) is 15.3. The number of rotatable bonds is 1. The first-order valence-electron chi connectivity index (χ1n) is 8.71. The highest BCUT2D eigenvalue weighted by molar-refractivity contribution is 5.94. The maximum absolute atomic E-state index is 12.1. The van der Waals surface area contributed by atoms with Crippen molar-refractivity contribution in [2.24, 2.45) is 5.92 Å². The quantitative estimate of drug-likeness (QED) is 0.864. The molecule has 3 atom stereocenters. The zero-order valence-corrected chi connectivity index (χ0v) is 13.7. The van der Waals surface area contributed by atoms with Crippen molar-refractivity contribution in [3.63, 3.8) is 0 Å². The smallest absolute Gasteiger partial charge is 0.251 e. The third kappa shape index (κ3) is 1.88. The molecule has 2 fully saturated rings. The minimum atomic E-state index is 0.0432. The number of nitrogens with zero attached hydrogens (tertiary/aromatic N) is 1. The van der Waals surface area contributed by atoms with E-state index in [0.717, 1.165) is 17.9 Å². The molecule has 0 radical (unpaired) electrons. The molecule has 1 unspecified atom stereocenters. The summed E-state index contributed by atoms with van der Waals surface area (Å²) in [6.45, 7) is 1.20. The zero-order valence-electron chi connectivity index (χ0n) is 13.7. The lowest BCUT2D eigenvalue weighted by atomic mass is 9.52. The molecule has 1 aliphatic heterocycles. The molecule has 3 aliphatic rings. The van der Waals surface area contributed by atoms with E-state index in [0.29, 0.717) is 11.5 Å². The van der Waals surface area contributed by atoms with Gasteiger partial charge in [-0.2, -0.15) is 0 Å². The number of likely N-dealkylation sites (tertiary alicyclic amines) is 1. The summed E-state index contributed by atoms with van der Waals surface area (Å²) < 4.78 is 0. The van der Waals surface area contributed by atoms with E-state index in [9.17, 15) is 4.79 Å². The molecule has 1 heterocycles. The van der Waals surface area contributed by atoms with Crippen LogP contribution >= 0.6 is 0 Å². The predicted molar refractivity (Wildman–Crippen MR) is 88.2 cm³/mol. The second-order valence-electron chi connectivity index (χ2n) is 7.46. The van der Waals surface area contributed by atoms with Crippen LogP contribution in [0.15, 0.2) is 18.2 Å². The molecule has 0 spiro atoms. The molecule has 1 amide bonds. The molecule has 1 aromatic carbocycles. The van der Waals surface area contributed by atoms with E-state index in [-0.39, 0.29) is 5.91 Å². The van der Waals surface area contributed by atoms with Crippen molar-refractivity contribution in [1.29, 1.82) is 0 Å². The van der Waals surface area contributed by atoms with Gasteiger partial charge < -0.3 is 10.2 Å². The van der Waals surface area contributed by atoms with Gasteiger partial charge in [0.15, 0.2) is 0 Å². The Morgan fingerprint density at radius 1 is 1.32 bits per heavy atom. The summed E-state index contributed by atoms with van der Waals surface area (Å²) in [6, 6.07) is 7.15. The van der Waals surface area contributed by atoms with Gasteiger partial charge in [0.05, 0.1) is 0 Å². The van der Waals surface area contributed by atoms with Gasteiger partial charge in [0.25, 0.3) is 5.91 Å². The van der Waals surface area contributed by atoms with Crippen LogP contribution in [0.4, 0.5) is 0 Å². The van der Waals surface area contributed by atoms with Crippen molar-refractivity contribution < 1.29 is 4.79 Å². The molecule has 22 heavy (non-hydrogen) atoms. The number of likely N-dealkylation sites (N-methyl/N-ethyl adjacent to an activating group) is 1. The number of benzene rings is 1. The first-order chi connectivity index (χ1) is 10.7. The maximum Gasteiger partial charge on any atom is 0.251 e. The summed E-state index contributed by atoms with van der Waals surface area (Å²) in [5.74, 6) is 0.828. The largest absolute Gasteiger partial charge is 0.355 e. The Morgan fingerprint density at radius 3 is 3.00 bits per heavy atom. The lowest BCUT2D eigenvalue weighted by Crippen LogP contribution is -2.59. The summed E-state index contributed by atoms with van der Waals surface area (Å²) in [6.07, 6.45) is 7.81. The van der Waals surface area contributed by atoms with E-state index in [2.05, 4.69) is 29.4 Å². The molecule has 1 N–H and O–H groups in total. The third-order valence-electron chi connectivity index (χ3n) is 6.60. The second-order valence-corrected chi connectivity index (χ2v) is 7.46. The van der Waals surface area contributed by atoms with E-state index in [1.54, 1.807) is 7.05 Å². The van der Waals surface area contributed by atoms with Crippen molar-refractivity contribution >= 4 is 5.91 Å². The molecule has 1 saturated heterocycles. The monoisotopic (exact) mass is 298 g/mol. The summed E-state index contributed by atoms with van der Waals surface area (Å²) in [7, 11) is 4.02. The minimum absolute atomic E-state index is 0.0432. The molecule has 1 aromatic rings. The third-order valence-corrected chi connectivity index (χ3v) is 6.60. The maximum atomic E-state index is 12.1. The number of carbonyl (C=O) groups is 1. The van der Waals surface area contributed by atoms with Crippen molar-refractivity contribution in [1.82, 2.24) is 10.2 Å². The number of fused-ring (bicyclic) bond motifs is 1. The molecule has 2 aliphatic carbocycles. The summed E-state index contributed by atoms with van der Waals surface area (Å²) in [5.41, 5.74) is 4.16. The standard InChI is InChI=1S/C19H26N2O/c1-20-18(22)14-7-6-13-12-17-15-5-3-4-8-19(15,16(13)11-14)9-10-21(17)2/h6-7,11,15,17H,3-5,8-10,12H2,1-2H3,(H,20,22)/t15-,17+,19?/m0/s1. The first kappa shape index (κ1) is 14.3. The molecule has 4 rings (SSSR count). The van der Waals surface area contributed by atoms with Crippen molar-refractivity contribution in [2.45, 2.75) is 50.0 Å². The van der Waals surface area contributed by atoms with Crippen molar-refractivity contribution in [2.75, 3.05) is 20.6 Å². The van der Waals surface area contributed by atoms with Gasteiger partial charge in [-0.15, -0.1) is 0 Å². The van der Waals surface area contributed by atoms with Gasteiger partial charge in [0.2, 0.25) is 0 Å². The topological polar surface area (TPSA) is 32.3 Å². The number of amides is 1. The predicted octanol–water partition coefficient (Wildman–Crippen LogP) is 2.73. The summed E-state index contributed by atoms with van der Waals surface area (Å²) >= 11 is 0. The molecule has 3 nitrogen and oxygen atoms in total. The lowest BCUT2D eigenvalue weighted by Gasteiger charge is -2.58. The Hall–Kier alpha value is -1.35. The second kappa shape index (κ2) is 5.09. The highest BCUT2D eigenvalue weighted by Crippen LogP contribution is 2.55. The van der Waals surface area contributed by atoms with Gasteiger partial charge in [-0.05, 0) is 68.5 Å². The number of hydrogen-bond acceptors (Lipinski definition) is 2. The van der Waals surface area contributed by atoms with Gasteiger partial charge in [-0.25, -0.2) is 0 Å². The molecule has 2 bridgehead atoms. The van der Waals surface area contributed by atoms with Gasteiger partial charge in [0.1, 0.15) is 0 Å². The van der Waals surface area contributed by atoms with Crippen molar-refractivity contribution in [3.8, 4) is 0 Å². The van der Waals surface area contributed by atoms with Crippen molar-refractivity contribution in [3.05, 3.63) is 34.9 Å². The molecular weight excluding hydrogens is 272 g/mol. The van der Waals surface area contributed by atoms with E-state index < -0.39 is 0 Å². The lowest BCUT2D eigenvalue weighted by molar-refractivity contribution is 0.00283. The fraction of sp³-hybridized carbons (Fsp3) is 0.632. The van der Waals surface area contributed by atoms with Crippen LogP contribution in [0.3, 0.4) is 0 Å². The van der Waals surface area contributed by atoms with Crippen LogP contribution in [0.5, 0.6) is 0 Å². The Balaban J connectivity index is 1.85. The van der Waals surface area contributed by atoms with E-state index in [4.69, 9.17) is 0 Å². The molecule has 3 heteroatoms. The van der Waals surface area contributed by atoms with Crippen LogP contribution in [-0.2, 0) is 11.8 Å². The Kier molecular flexibility index (Phi) is 3.30. The molecular formula is C19H26N2O. The van der Waals surface area contributed by atoms with E-state index in [1.807, 2.05) is 6.07 Å². The highest BCUT2D eigenvalue weighted by atomic mass is 16.1. The SMILES string of the molecule is CNC(=O)c1ccc2c(c1)C13CCCC[C@H]1[C@@H](C2)N(C)CC3. The van der Waals surface area contributed by atoms with Crippen LogP contribution in [-0.4, -0.2) is 37.5 Å². The van der Waals surface area contributed by atoms with Gasteiger partial charge >= 0.3 is 0 Å². The normalized spacial score (nSPS) is 33.7. The number of hydrogen-bond donors (Lipinski definition) is 1. The average Bonchev–Trinajstić information content (AvgIpc) is 2.57. The Bertz CT molecular complexity index is 611. The fourth-order valence-corrected chi connectivity index (χ4v) is 5.48. The van der Waals surface area contributed by atoms with Crippen LogP contribution in [0.25, 0.3) is 0 Å². The summed E-state index contributed by atoms with van der Waals surface area (Å²) in [5, 5.41) is 2.77. The molecule has 118 valence electrons. The van der Waals surface area contributed by atoms with E-state index in [1.165, 1.54) is 49.8 Å².